The van der Waals surface area contributed by atoms with Gasteiger partial charge in [-0.1, -0.05) is 0 Å². The van der Waals surface area contributed by atoms with Crippen LogP contribution in [0.15, 0.2) is 0 Å². The van der Waals surface area contributed by atoms with Gasteiger partial charge >= 0.3 is 6.09 Å². The number of hydrogen-bond acceptors (Lipinski definition) is 3. The Balaban J connectivity index is 2.47. The summed E-state index contributed by atoms with van der Waals surface area (Å²) in [5, 5.41) is 0. The number of amides is 1. The zero-order chi connectivity index (χ0) is 13.8. The lowest BCUT2D eigenvalue weighted by molar-refractivity contribution is 0.0281. The second-order valence-corrected chi connectivity index (χ2v) is 5.97. The summed E-state index contributed by atoms with van der Waals surface area (Å²) < 4.78 is 18.2. The third-order valence-corrected chi connectivity index (χ3v) is 3.28. The van der Waals surface area contributed by atoms with Crippen LogP contribution in [0.3, 0.4) is 0 Å². The molecule has 1 heterocycles. The number of nitrogens with two attached hydrogens (primary N) is 1. The van der Waals surface area contributed by atoms with Crippen molar-refractivity contribution in [1.29, 1.82) is 0 Å². The van der Waals surface area contributed by atoms with Gasteiger partial charge in [0.1, 0.15) is 5.60 Å². The van der Waals surface area contributed by atoms with Gasteiger partial charge in [0.15, 0.2) is 0 Å². The molecular weight excluding hydrogens is 235 g/mol. The molecule has 0 aromatic carbocycles. The van der Waals surface area contributed by atoms with Crippen molar-refractivity contribution < 1.29 is 13.9 Å². The molecule has 0 saturated carbocycles. The maximum atomic E-state index is 12.9. The number of carbonyl (C=O) groups is 1. The van der Waals surface area contributed by atoms with Gasteiger partial charge in [-0.3, -0.25) is 4.39 Å². The Bertz CT molecular complexity index is 279. The molecule has 1 saturated heterocycles. The van der Waals surface area contributed by atoms with Gasteiger partial charge < -0.3 is 15.4 Å². The van der Waals surface area contributed by atoms with Gasteiger partial charge in [-0.25, -0.2) is 4.79 Å². The summed E-state index contributed by atoms with van der Waals surface area (Å²) in [6.07, 6.45) is 1.23. The predicted molar refractivity (Wildman–Crippen MR) is 69.1 cm³/mol. The van der Waals surface area contributed by atoms with E-state index in [0.717, 1.165) is 6.42 Å². The van der Waals surface area contributed by atoms with E-state index >= 15 is 0 Å². The smallest absolute Gasteiger partial charge is 0.410 e. The van der Waals surface area contributed by atoms with E-state index in [1.807, 2.05) is 20.8 Å². The molecule has 18 heavy (non-hydrogen) atoms. The average Bonchev–Trinajstić information content (AvgIpc) is 2.72. The molecule has 0 spiro atoms. The molecule has 0 bridgehead atoms. The first-order chi connectivity index (χ1) is 8.37. The number of halogens is 1. The number of nitrogens with zero attached hydrogens (tertiary/aromatic N) is 1. The zero-order valence-corrected chi connectivity index (χ0v) is 11.6. The average molecular weight is 260 g/mol. The lowest BCUT2D eigenvalue weighted by Crippen LogP contribution is -2.36. The van der Waals surface area contributed by atoms with E-state index in [0.29, 0.717) is 26.1 Å². The number of carbonyl (C=O) groups excluding carboxylic acids is 1. The first-order valence-corrected chi connectivity index (χ1v) is 6.61. The summed E-state index contributed by atoms with van der Waals surface area (Å²) in [6, 6.07) is 0. The van der Waals surface area contributed by atoms with Gasteiger partial charge in [-0.2, -0.15) is 0 Å². The first kappa shape index (κ1) is 15.2. The number of likely N-dealkylation sites (tertiary alicyclic amines) is 1. The van der Waals surface area contributed by atoms with Crippen LogP contribution in [-0.4, -0.2) is 42.9 Å². The highest BCUT2D eigenvalue weighted by atomic mass is 19.1. The Morgan fingerprint density at radius 3 is 2.72 bits per heavy atom. The van der Waals surface area contributed by atoms with Crippen molar-refractivity contribution in [2.75, 3.05) is 26.3 Å². The van der Waals surface area contributed by atoms with Crippen molar-refractivity contribution in [1.82, 2.24) is 4.90 Å². The quantitative estimate of drug-likeness (QED) is 0.843. The molecule has 1 rings (SSSR count). The Hall–Kier alpha value is -0.840. The van der Waals surface area contributed by atoms with E-state index in [-0.39, 0.29) is 24.6 Å². The molecule has 106 valence electrons. The fourth-order valence-corrected chi connectivity index (χ4v) is 2.32. The summed E-state index contributed by atoms with van der Waals surface area (Å²) in [6.45, 7) is 6.91. The highest BCUT2D eigenvalue weighted by molar-refractivity contribution is 5.68. The highest BCUT2D eigenvalue weighted by Gasteiger charge is 2.33. The predicted octanol–water partition coefficient (Wildman–Crippen LogP) is 2.18. The van der Waals surface area contributed by atoms with Crippen LogP contribution in [0.2, 0.25) is 0 Å². The molecule has 0 aromatic heterocycles. The summed E-state index contributed by atoms with van der Waals surface area (Å²) in [7, 11) is 0. The van der Waals surface area contributed by atoms with Crippen LogP contribution in [0.5, 0.6) is 0 Å². The molecule has 5 heteroatoms. The monoisotopic (exact) mass is 260 g/mol. The van der Waals surface area contributed by atoms with Crippen LogP contribution >= 0.6 is 0 Å². The molecule has 2 unspecified atom stereocenters. The largest absolute Gasteiger partial charge is 0.444 e. The highest BCUT2D eigenvalue weighted by Crippen LogP contribution is 2.27. The Labute approximate surface area is 109 Å². The van der Waals surface area contributed by atoms with Gasteiger partial charge in [0.25, 0.3) is 0 Å². The fourth-order valence-electron chi connectivity index (χ4n) is 2.32. The fraction of sp³-hybridized carbons (Fsp3) is 0.923. The van der Waals surface area contributed by atoms with Crippen LogP contribution in [-0.2, 0) is 4.74 Å². The van der Waals surface area contributed by atoms with Crippen molar-refractivity contribution in [2.24, 2.45) is 17.6 Å². The summed E-state index contributed by atoms with van der Waals surface area (Å²) in [5.41, 5.74) is 5.00. The van der Waals surface area contributed by atoms with Crippen molar-refractivity contribution in [2.45, 2.75) is 39.2 Å². The summed E-state index contributed by atoms with van der Waals surface area (Å²) in [4.78, 5) is 13.5. The van der Waals surface area contributed by atoms with Crippen LogP contribution in [0.4, 0.5) is 9.18 Å². The minimum Gasteiger partial charge on any atom is -0.444 e. The minimum atomic E-state index is -0.480. The SMILES string of the molecule is CC(C)(C)OC(=O)N1CCC(C(CF)CCN)C1. The lowest BCUT2D eigenvalue weighted by Gasteiger charge is -2.25. The number of hydrogen-bond donors (Lipinski definition) is 1. The van der Waals surface area contributed by atoms with Crippen molar-refractivity contribution in [3.63, 3.8) is 0 Å². The zero-order valence-electron chi connectivity index (χ0n) is 11.6. The van der Waals surface area contributed by atoms with E-state index in [9.17, 15) is 9.18 Å². The van der Waals surface area contributed by atoms with Crippen molar-refractivity contribution in [3.8, 4) is 0 Å². The molecule has 2 atom stereocenters. The molecule has 1 aliphatic heterocycles. The maximum Gasteiger partial charge on any atom is 0.410 e. The standard InChI is InChI=1S/C13H25FN2O2/c1-13(2,3)18-12(17)16-7-5-11(9-16)10(8-14)4-6-15/h10-11H,4-9,15H2,1-3H3. The van der Waals surface area contributed by atoms with Crippen LogP contribution in [0.25, 0.3) is 0 Å². The van der Waals surface area contributed by atoms with E-state index in [1.54, 1.807) is 4.90 Å². The van der Waals surface area contributed by atoms with Gasteiger partial charge in [-0.15, -0.1) is 0 Å². The Morgan fingerprint density at radius 2 is 2.22 bits per heavy atom. The minimum absolute atomic E-state index is 0.0255. The van der Waals surface area contributed by atoms with Crippen LogP contribution < -0.4 is 5.73 Å². The lowest BCUT2D eigenvalue weighted by atomic mass is 9.90. The molecular formula is C13H25FN2O2. The van der Waals surface area contributed by atoms with Crippen molar-refractivity contribution >= 4 is 6.09 Å². The van der Waals surface area contributed by atoms with Gasteiger partial charge in [0.2, 0.25) is 0 Å². The van der Waals surface area contributed by atoms with Crippen LogP contribution in [0, 0.1) is 11.8 Å². The van der Waals surface area contributed by atoms with E-state index in [1.165, 1.54) is 0 Å². The molecule has 2 N–H and O–H groups in total. The van der Waals surface area contributed by atoms with Crippen LogP contribution in [0.1, 0.15) is 33.6 Å². The second kappa shape index (κ2) is 6.36. The summed E-state index contributed by atoms with van der Waals surface area (Å²) in [5.74, 6) is 0.188. The molecule has 4 nitrogen and oxygen atoms in total. The van der Waals surface area contributed by atoms with Crippen molar-refractivity contribution in [3.05, 3.63) is 0 Å². The molecule has 0 aromatic rings. The second-order valence-electron chi connectivity index (χ2n) is 5.97. The van der Waals surface area contributed by atoms with E-state index < -0.39 is 5.60 Å². The number of alkyl halides is 1. The van der Waals surface area contributed by atoms with E-state index in [4.69, 9.17) is 10.5 Å². The third-order valence-electron chi connectivity index (χ3n) is 3.28. The normalized spacial score (nSPS) is 22.1. The topological polar surface area (TPSA) is 55.6 Å². The first-order valence-electron chi connectivity index (χ1n) is 6.61. The molecule has 1 aliphatic rings. The molecule has 0 aliphatic carbocycles. The van der Waals surface area contributed by atoms with E-state index in [2.05, 4.69) is 0 Å². The number of rotatable bonds is 4. The van der Waals surface area contributed by atoms with Gasteiger partial charge in [-0.05, 0) is 52.0 Å². The Kier molecular flexibility index (Phi) is 5.38. The van der Waals surface area contributed by atoms with Gasteiger partial charge in [0.05, 0.1) is 6.67 Å². The summed E-state index contributed by atoms with van der Waals surface area (Å²) >= 11 is 0. The Morgan fingerprint density at radius 1 is 1.56 bits per heavy atom. The van der Waals surface area contributed by atoms with Gasteiger partial charge in [0, 0.05) is 13.1 Å². The molecule has 1 amide bonds. The number of ether oxygens (including phenoxy) is 1. The third kappa shape index (κ3) is 4.44. The molecule has 0 radical (unpaired) electrons. The maximum absolute atomic E-state index is 12.9. The molecule has 1 fully saturated rings.